The molecule has 0 aliphatic carbocycles. The monoisotopic (exact) mass is 362 g/mol. The van der Waals surface area contributed by atoms with Crippen molar-refractivity contribution in [2.75, 3.05) is 17.3 Å². The molecule has 6 heteroatoms. The molecule has 0 saturated heterocycles. The van der Waals surface area contributed by atoms with Crippen LogP contribution in [0.15, 0.2) is 66.7 Å². The molecule has 3 N–H and O–H groups in total. The average Bonchev–Trinajstić information content (AvgIpc) is 2.70. The molecule has 4 rings (SSSR count). The third kappa shape index (κ3) is 2.81. The lowest BCUT2D eigenvalue weighted by Gasteiger charge is -2.38. The fourth-order valence-corrected chi connectivity index (χ4v) is 3.25. The van der Waals surface area contributed by atoms with Gasteiger partial charge in [-0.25, -0.2) is 0 Å². The van der Waals surface area contributed by atoms with Crippen LogP contribution in [0.5, 0.6) is 17.2 Å². The van der Waals surface area contributed by atoms with Gasteiger partial charge in [0.1, 0.15) is 11.9 Å². The molecule has 6 nitrogen and oxygen atoms in total. The number of carbonyl (C=O) groups excluding carboxylic acids is 1. The zero-order valence-corrected chi connectivity index (χ0v) is 14.6. The number of nitrogens with one attached hydrogen (secondary N) is 1. The first-order valence-electron chi connectivity index (χ1n) is 8.44. The molecular formula is C21H18N2O4. The number of rotatable bonds is 3. The van der Waals surface area contributed by atoms with E-state index in [0.717, 1.165) is 0 Å². The van der Waals surface area contributed by atoms with E-state index in [4.69, 9.17) is 4.74 Å². The summed E-state index contributed by atoms with van der Waals surface area (Å²) in [6.45, 7) is 0. The van der Waals surface area contributed by atoms with Gasteiger partial charge in [0.2, 0.25) is 0 Å². The number of hydrogen-bond donors (Lipinski definition) is 3. The Morgan fingerprint density at radius 3 is 2.44 bits per heavy atom. The number of anilines is 2. The molecule has 3 aromatic carbocycles. The van der Waals surface area contributed by atoms with Crippen LogP contribution in [0.3, 0.4) is 0 Å². The van der Waals surface area contributed by atoms with Crippen molar-refractivity contribution in [2.45, 2.75) is 6.17 Å². The van der Waals surface area contributed by atoms with Crippen LogP contribution in [0.2, 0.25) is 0 Å². The van der Waals surface area contributed by atoms with Crippen molar-refractivity contribution in [3.8, 4) is 17.2 Å². The molecule has 136 valence electrons. The molecule has 1 aliphatic heterocycles. The molecule has 1 aliphatic rings. The van der Waals surface area contributed by atoms with E-state index in [2.05, 4.69) is 5.32 Å². The summed E-state index contributed by atoms with van der Waals surface area (Å²) in [5.41, 5.74) is 2.23. The quantitative estimate of drug-likeness (QED) is 0.616. The Hall–Kier alpha value is -3.67. The van der Waals surface area contributed by atoms with Gasteiger partial charge in [-0.15, -0.1) is 0 Å². The normalized spacial score (nSPS) is 15.8. The fourth-order valence-electron chi connectivity index (χ4n) is 3.25. The molecule has 1 atom stereocenters. The van der Waals surface area contributed by atoms with E-state index >= 15 is 0 Å². The molecule has 0 bridgehead atoms. The highest BCUT2D eigenvalue weighted by atomic mass is 16.5. The van der Waals surface area contributed by atoms with E-state index in [9.17, 15) is 15.0 Å². The molecule has 1 unspecified atom stereocenters. The van der Waals surface area contributed by atoms with Gasteiger partial charge in [-0.05, 0) is 42.5 Å². The highest BCUT2D eigenvalue weighted by Gasteiger charge is 2.35. The predicted octanol–water partition coefficient (Wildman–Crippen LogP) is 3.88. The van der Waals surface area contributed by atoms with Gasteiger partial charge in [-0.1, -0.05) is 24.3 Å². The van der Waals surface area contributed by atoms with Crippen molar-refractivity contribution in [2.24, 2.45) is 0 Å². The first-order chi connectivity index (χ1) is 13.1. The summed E-state index contributed by atoms with van der Waals surface area (Å²) in [7, 11) is 1.58. The Morgan fingerprint density at radius 2 is 1.70 bits per heavy atom. The van der Waals surface area contributed by atoms with Gasteiger partial charge in [0.25, 0.3) is 5.91 Å². The number of nitrogens with zero attached hydrogens (tertiary/aromatic N) is 1. The van der Waals surface area contributed by atoms with Crippen molar-refractivity contribution in [1.82, 2.24) is 0 Å². The molecule has 0 fully saturated rings. The van der Waals surface area contributed by atoms with Crippen molar-refractivity contribution in [3.63, 3.8) is 0 Å². The summed E-state index contributed by atoms with van der Waals surface area (Å²) < 4.78 is 5.19. The van der Waals surface area contributed by atoms with E-state index in [1.54, 1.807) is 60.5 Å². The first kappa shape index (κ1) is 16.8. The van der Waals surface area contributed by atoms with Crippen LogP contribution < -0.4 is 15.0 Å². The summed E-state index contributed by atoms with van der Waals surface area (Å²) in [6, 6.07) is 19.0. The summed E-state index contributed by atoms with van der Waals surface area (Å²) >= 11 is 0. The highest BCUT2D eigenvalue weighted by Crippen LogP contribution is 2.41. The Bertz CT molecular complexity index is 1000. The van der Waals surface area contributed by atoms with Crippen LogP contribution in [0, 0.1) is 0 Å². The number of aromatic hydroxyl groups is 2. The van der Waals surface area contributed by atoms with E-state index in [1.807, 2.05) is 12.1 Å². The molecule has 0 spiro atoms. The van der Waals surface area contributed by atoms with Gasteiger partial charge in [0.15, 0.2) is 11.5 Å². The number of phenols is 2. The number of phenolic OH excluding ortho intramolecular Hbond substituents is 2. The maximum absolute atomic E-state index is 13.3. The number of amides is 1. The van der Waals surface area contributed by atoms with Crippen molar-refractivity contribution in [1.29, 1.82) is 0 Å². The summed E-state index contributed by atoms with van der Waals surface area (Å²) in [5.74, 6) is -0.0356. The molecule has 27 heavy (non-hydrogen) atoms. The van der Waals surface area contributed by atoms with Gasteiger partial charge in [0.05, 0.1) is 12.7 Å². The maximum atomic E-state index is 13.3. The third-order valence-electron chi connectivity index (χ3n) is 4.62. The van der Waals surface area contributed by atoms with Gasteiger partial charge in [0, 0.05) is 16.9 Å². The van der Waals surface area contributed by atoms with Gasteiger partial charge in [-0.2, -0.15) is 0 Å². The van der Waals surface area contributed by atoms with Gasteiger partial charge >= 0.3 is 0 Å². The topological polar surface area (TPSA) is 82.0 Å². The predicted molar refractivity (Wildman–Crippen MR) is 102 cm³/mol. The Morgan fingerprint density at radius 1 is 0.963 bits per heavy atom. The average molecular weight is 362 g/mol. The number of ether oxygens (including phenoxy) is 1. The van der Waals surface area contributed by atoms with Crippen LogP contribution >= 0.6 is 0 Å². The molecule has 1 heterocycles. The van der Waals surface area contributed by atoms with Crippen LogP contribution in [0.4, 0.5) is 11.4 Å². The van der Waals surface area contributed by atoms with E-state index in [-0.39, 0.29) is 17.4 Å². The molecule has 3 aromatic rings. The minimum absolute atomic E-state index is 0.206. The second-order valence-corrected chi connectivity index (χ2v) is 6.18. The van der Waals surface area contributed by atoms with Crippen LogP contribution in [0.1, 0.15) is 22.1 Å². The number of benzene rings is 3. The number of methoxy groups -OCH3 is 1. The van der Waals surface area contributed by atoms with Gasteiger partial charge < -0.3 is 20.3 Å². The lowest BCUT2D eigenvalue weighted by Crippen LogP contribution is -2.43. The second-order valence-electron chi connectivity index (χ2n) is 6.18. The Kier molecular flexibility index (Phi) is 4.08. The summed E-state index contributed by atoms with van der Waals surface area (Å²) in [5, 5.41) is 23.6. The van der Waals surface area contributed by atoms with Crippen molar-refractivity contribution >= 4 is 17.3 Å². The maximum Gasteiger partial charge on any atom is 0.262 e. The van der Waals surface area contributed by atoms with Crippen molar-refractivity contribution < 1.29 is 19.7 Å². The summed E-state index contributed by atoms with van der Waals surface area (Å²) in [4.78, 5) is 14.8. The van der Waals surface area contributed by atoms with E-state index < -0.39 is 6.17 Å². The number of para-hydroxylation sites is 2. The summed E-state index contributed by atoms with van der Waals surface area (Å²) in [6.07, 6.45) is -0.687. The zero-order chi connectivity index (χ0) is 19.0. The van der Waals surface area contributed by atoms with E-state index in [1.165, 1.54) is 6.07 Å². The molecule has 0 saturated carbocycles. The lowest BCUT2D eigenvalue weighted by molar-refractivity contribution is 0.0974. The minimum atomic E-state index is -0.687. The van der Waals surface area contributed by atoms with E-state index in [0.29, 0.717) is 28.3 Å². The Labute approximate surface area is 156 Å². The third-order valence-corrected chi connectivity index (χ3v) is 4.62. The number of hydrogen-bond acceptors (Lipinski definition) is 5. The SMILES string of the molecule is COc1ccc(N2C(=O)c3ccccc3NC2c2cccc(O)c2O)cc1. The van der Waals surface area contributed by atoms with Gasteiger partial charge in [-0.3, -0.25) is 9.69 Å². The highest BCUT2D eigenvalue weighted by molar-refractivity contribution is 6.12. The largest absolute Gasteiger partial charge is 0.504 e. The van der Waals surface area contributed by atoms with Crippen LogP contribution in [-0.2, 0) is 0 Å². The van der Waals surface area contributed by atoms with Crippen molar-refractivity contribution in [3.05, 3.63) is 77.9 Å². The minimum Gasteiger partial charge on any atom is -0.504 e. The Balaban J connectivity index is 1.87. The number of fused-ring (bicyclic) bond motifs is 1. The molecule has 0 aromatic heterocycles. The molecule has 0 radical (unpaired) electrons. The van der Waals surface area contributed by atoms with Crippen LogP contribution in [-0.4, -0.2) is 23.2 Å². The standard InChI is InChI=1S/C21H18N2O4/c1-27-14-11-9-13(10-12-14)23-20(16-6-4-8-18(24)19(16)25)22-17-7-3-2-5-15(17)21(23)26/h2-12,20,22,24-25H,1H3. The second kappa shape index (κ2) is 6.57. The fraction of sp³-hybridized carbons (Fsp3) is 0.0952. The lowest BCUT2D eigenvalue weighted by atomic mass is 10.0. The molecule has 1 amide bonds. The first-order valence-corrected chi connectivity index (χ1v) is 8.44. The van der Waals surface area contributed by atoms with Crippen LogP contribution in [0.25, 0.3) is 0 Å². The number of carbonyl (C=O) groups is 1. The molecular weight excluding hydrogens is 344 g/mol. The smallest absolute Gasteiger partial charge is 0.262 e. The zero-order valence-electron chi connectivity index (χ0n) is 14.6.